The molecule has 17 heavy (non-hydrogen) atoms. The van der Waals surface area contributed by atoms with Crippen LogP contribution in [-0.2, 0) is 14.8 Å². The zero-order chi connectivity index (χ0) is 12.8. The molecule has 7 nitrogen and oxygen atoms in total. The summed E-state index contributed by atoms with van der Waals surface area (Å²) < 4.78 is 30.1. The van der Waals surface area contributed by atoms with E-state index in [-0.39, 0.29) is 0 Å². The van der Waals surface area contributed by atoms with Gasteiger partial charge in [0.05, 0.1) is 25.0 Å². The van der Waals surface area contributed by atoms with E-state index in [4.69, 9.17) is 4.74 Å². The highest BCUT2D eigenvalue weighted by molar-refractivity contribution is 7.88. The van der Waals surface area contributed by atoms with Crippen LogP contribution in [0.4, 0.5) is 0 Å². The molecule has 0 unspecified atom stereocenters. The van der Waals surface area contributed by atoms with Crippen LogP contribution in [0.15, 0.2) is 0 Å². The molecule has 0 spiro atoms. The van der Waals surface area contributed by atoms with Gasteiger partial charge in [-0.05, 0) is 12.8 Å². The van der Waals surface area contributed by atoms with Gasteiger partial charge < -0.3 is 20.1 Å². The molecule has 0 radical (unpaired) electrons. The molecule has 2 saturated heterocycles. The van der Waals surface area contributed by atoms with Crippen LogP contribution < -0.4 is 4.72 Å². The molecule has 2 fully saturated rings. The van der Waals surface area contributed by atoms with Crippen molar-refractivity contribution in [2.75, 3.05) is 12.9 Å². The van der Waals surface area contributed by atoms with Gasteiger partial charge in [-0.3, -0.25) is 0 Å². The minimum absolute atomic E-state index is 0.396. The number of sulfonamides is 1. The lowest BCUT2D eigenvalue weighted by Crippen LogP contribution is -2.65. The number of aliphatic hydroxyl groups is 3. The number of hydrogen-bond donors (Lipinski definition) is 4. The van der Waals surface area contributed by atoms with E-state index in [0.717, 1.165) is 6.26 Å². The van der Waals surface area contributed by atoms with Crippen molar-refractivity contribution < 1.29 is 28.5 Å². The molecule has 100 valence electrons. The lowest BCUT2D eigenvalue weighted by molar-refractivity contribution is -0.217. The van der Waals surface area contributed by atoms with Crippen LogP contribution in [-0.4, -0.2) is 66.6 Å². The summed E-state index contributed by atoms with van der Waals surface area (Å²) in [6.45, 7) is -0.396. The number of nitrogens with one attached hydrogen (secondary N) is 1. The van der Waals surface area contributed by atoms with Crippen molar-refractivity contribution in [1.82, 2.24) is 4.72 Å². The Bertz CT molecular complexity index is 398. The molecule has 2 rings (SSSR count). The Morgan fingerprint density at radius 1 is 1.47 bits per heavy atom. The van der Waals surface area contributed by atoms with E-state index in [0.29, 0.717) is 12.8 Å². The third-order valence-electron chi connectivity index (χ3n) is 3.49. The van der Waals surface area contributed by atoms with Crippen LogP contribution in [0.1, 0.15) is 12.8 Å². The van der Waals surface area contributed by atoms with Crippen LogP contribution in [0.3, 0.4) is 0 Å². The predicted molar refractivity (Wildman–Crippen MR) is 57.7 cm³/mol. The lowest BCUT2D eigenvalue weighted by Gasteiger charge is -2.43. The fourth-order valence-corrected chi connectivity index (χ4v) is 3.39. The second-order valence-corrected chi connectivity index (χ2v) is 6.55. The van der Waals surface area contributed by atoms with Crippen LogP contribution in [0.25, 0.3) is 0 Å². The van der Waals surface area contributed by atoms with Crippen molar-refractivity contribution in [2.24, 2.45) is 0 Å². The molecule has 4 N–H and O–H groups in total. The van der Waals surface area contributed by atoms with Crippen molar-refractivity contribution in [1.29, 1.82) is 0 Å². The fraction of sp³-hybridized carbons (Fsp3) is 1.00. The summed E-state index contributed by atoms with van der Waals surface area (Å²) in [5.74, 6) is 0. The first kappa shape index (κ1) is 13.2. The molecule has 0 aromatic carbocycles. The molecular weight excluding hydrogens is 250 g/mol. The summed E-state index contributed by atoms with van der Waals surface area (Å²) in [6.07, 6.45) is -1.23. The van der Waals surface area contributed by atoms with Gasteiger partial charge in [0, 0.05) is 0 Å². The minimum atomic E-state index is -3.49. The molecular formula is C9H17NO6S. The summed E-state index contributed by atoms with van der Waals surface area (Å²) >= 11 is 0. The molecule has 0 aliphatic carbocycles. The van der Waals surface area contributed by atoms with E-state index >= 15 is 0 Å². The highest BCUT2D eigenvalue weighted by Gasteiger charge is 2.58. The first-order valence-electron chi connectivity index (χ1n) is 5.41. The molecule has 2 aliphatic heterocycles. The smallest absolute Gasteiger partial charge is 0.209 e. The molecule has 5 atom stereocenters. The Labute approximate surface area is 99.5 Å². The Balaban J connectivity index is 2.23. The van der Waals surface area contributed by atoms with Crippen LogP contribution >= 0.6 is 0 Å². The lowest BCUT2D eigenvalue weighted by atomic mass is 9.89. The highest BCUT2D eigenvalue weighted by Crippen LogP contribution is 2.41. The number of rotatable bonds is 3. The van der Waals surface area contributed by atoms with E-state index in [2.05, 4.69) is 4.72 Å². The van der Waals surface area contributed by atoms with E-state index in [1.807, 2.05) is 0 Å². The van der Waals surface area contributed by atoms with Gasteiger partial charge in [-0.1, -0.05) is 0 Å². The highest BCUT2D eigenvalue weighted by atomic mass is 32.2. The van der Waals surface area contributed by atoms with Crippen LogP contribution in [0, 0.1) is 0 Å². The van der Waals surface area contributed by atoms with Crippen molar-refractivity contribution in [3.63, 3.8) is 0 Å². The number of ether oxygens (including phenoxy) is 1. The quantitative estimate of drug-likeness (QED) is 0.451. The summed E-state index contributed by atoms with van der Waals surface area (Å²) in [5.41, 5.74) is -1.15. The van der Waals surface area contributed by atoms with Gasteiger partial charge in [0.1, 0.15) is 17.8 Å². The minimum Gasteiger partial charge on any atom is -0.393 e. The number of aliphatic hydroxyl groups excluding tert-OH is 3. The summed E-state index contributed by atoms with van der Waals surface area (Å²) in [4.78, 5) is 0. The Kier molecular flexibility index (Phi) is 3.22. The SMILES string of the molecule is CS(=O)(=O)N[C@@H]1[C@@H](O)[C@@H](O)[C@]2(CO)CC[C@H]1O2. The van der Waals surface area contributed by atoms with E-state index in [9.17, 15) is 23.7 Å². The zero-order valence-electron chi connectivity index (χ0n) is 9.41. The van der Waals surface area contributed by atoms with Crippen molar-refractivity contribution in [3.8, 4) is 0 Å². The van der Waals surface area contributed by atoms with Crippen LogP contribution in [0.5, 0.6) is 0 Å². The predicted octanol–water partition coefficient (Wildman–Crippen LogP) is -2.45. The monoisotopic (exact) mass is 267 g/mol. The summed E-state index contributed by atoms with van der Waals surface area (Å²) in [6, 6.07) is -0.873. The first-order valence-corrected chi connectivity index (χ1v) is 7.30. The Morgan fingerprint density at radius 2 is 2.12 bits per heavy atom. The second-order valence-electron chi connectivity index (χ2n) is 4.77. The maximum absolute atomic E-state index is 11.2. The van der Waals surface area contributed by atoms with Gasteiger partial charge in [0.25, 0.3) is 0 Å². The van der Waals surface area contributed by atoms with Crippen LogP contribution in [0.2, 0.25) is 0 Å². The van der Waals surface area contributed by atoms with E-state index in [1.54, 1.807) is 0 Å². The molecule has 0 saturated carbocycles. The Morgan fingerprint density at radius 3 is 2.65 bits per heavy atom. The molecule has 2 aliphatic rings. The third-order valence-corrected chi connectivity index (χ3v) is 4.19. The maximum Gasteiger partial charge on any atom is 0.209 e. The van der Waals surface area contributed by atoms with Gasteiger partial charge in [0.2, 0.25) is 10.0 Å². The average Bonchev–Trinajstić information content (AvgIpc) is 2.64. The van der Waals surface area contributed by atoms with Crippen molar-refractivity contribution in [3.05, 3.63) is 0 Å². The molecule has 8 heteroatoms. The number of hydrogen-bond acceptors (Lipinski definition) is 6. The summed E-state index contributed by atoms with van der Waals surface area (Å²) in [7, 11) is -3.49. The molecule has 2 heterocycles. The molecule has 0 aromatic rings. The fourth-order valence-electron chi connectivity index (χ4n) is 2.61. The normalized spacial score (nSPS) is 46.1. The second kappa shape index (κ2) is 4.15. The maximum atomic E-state index is 11.2. The van der Waals surface area contributed by atoms with E-state index in [1.165, 1.54) is 0 Å². The third kappa shape index (κ3) is 2.20. The van der Waals surface area contributed by atoms with Crippen molar-refractivity contribution in [2.45, 2.75) is 42.8 Å². The van der Waals surface area contributed by atoms with Gasteiger partial charge in [0.15, 0.2) is 0 Å². The summed E-state index contributed by atoms with van der Waals surface area (Å²) in [5, 5.41) is 29.1. The first-order chi connectivity index (χ1) is 7.79. The number of fused-ring (bicyclic) bond motifs is 2. The van der Waals surface area contributed by atoms with Crippen molar-refractivity contribution >= 4 is 10.0 Å². The largest absolute Gasteiger partial charge is 0.393 e. The average molecular weight is 267 g/mol. The Hall–Kier alpha value is -0.250. The zero-order valence-corrected chi connectivity index (χ0v) is 10.2. The molecule has 0 amide bonds. The van der Waals surface area contributed by atoms with E-state index < -0.39 is 46.6 Å². The van der Waals surface area contributed by atoms with Gasteiger partial charge >= 0.3 is 0 Å². The van der Waals surface area contributed by atoms with Gasteiger partial charge in [-0.15, -0.1) is 0 Å². The molecule has 2 bridgehead atoms. The molecule has 0 aromatic heterocycles. The topological polar surface area (TPSA) is 116 Å². The van der Waals surface area contributed by atoms with Gasteiger partial charge in [-0.2, -0.15) is 0 Å². The van der Waals surface area contributed by atoms with Gasteiger partial charge in [-0.25, -0.2) is 13.1 Å². The standard InChI is InChI=1S/C9H17NO6S/c1-17(14,15)10-6-5-2-3-9(4-11,16-5)8(13)7(6)12/h5-8,10-13H,2-4H2,1H3/t5-,6+,7-,8-,9-/m1/s1.